The van der Waals surface area contributed by atoms with E-state index in [1.165, 1.54) is 11.1 Å². The zero-order valence-electron chi connectivity index (χ0n) is 10.6. The highest BCUT2D eigenvalue weighted by molar-refractivity contribution is 7.89. The van der Waals surface area contributed by atoms with Crippen LogP contribution in [0.1, 0.15) is 17.4 Å². The van der Waals surface area contributed by atoms with E-state index < -0.39 is 10.0 Å². The van der Waals surface area contributed by atoms with Crippen molar-refractivity contribution in [2.75, 3.05) is 6.54 Å². The maximum atomic E-state index is 12.5. The van der Waals surface area contributed by atoms with Gasteiger partial charge in [-0.25, -0.2) is 8.42 Å². The minimum absolute atomic E-state index is 0.285. The molecule has 0 spiro atoms. The van der Waals surface area contributed by atoms with Crippen LogP contribution in [0, 0.1) is 0 Å². The van der Waals surface area contributed by atoms with Crippen LogP contribution in [0.5, 0.6) is 0 Å². The first-order chi connectivity index (χ1) is 9.11. The molecule has 2 aromatic rings. The highest BCUT2D eigenvalue weighted by atomic mass is 32.2. The van der Waals surface area contributed by atoms with Crippen molar-refractivity contribution in [1.29, 1.82) is 0 Å². The Morgan fingerprint density at radius 2 is 2.32 bits per heavy atom. The van der Waals surface area contributed by atoms with Gasteiger partial charge in [-0.15, -0.1) is 11.3 Å². The molecule has 5 nitrogen and oxygen atoms in total. The summed E-state index contributed by atoms with van der Waals surface area (Å²) in [6.07, 6.45) is 3.83. The first kappa shape index (κ1) is 12.8. The molecular weight excluding hydrogens is 282 g/mol. The van der Waals surface area contributed by atoms with Gasteiger partial charge in [-0.2, -0.15) is 9.40 Å². The molecule has 0 atom stereocenters. The maximum absolute atomic E-state index is 12.5. The van der Waals surface area contributed by atoms with Crippen LogP contribution in [0.3, 0.4) is 0 Å². The third-order valence-electron chi connectivity index (χ3n) is 3.34. The lowest BCUT2D eigenvalue weighted by molar-refractivity contribution is 0.394. The van der Waals surface area contributed by atoms with Gasteiger partial charge in [-0.05, 0) is 30.4 Å². The lowest BCUT2D eigenvalue weighted by atomic mass is 10.1. The van der Waals surface area contributed by atoms with Crippen LogP contribution < -0.4 is 0 Å². The molecule has 0 aliphatic carbocycles. The Bertz CT molecular complexity index is 687. The Morgan fingerprint density at radius 3 is 3.05 bits per heavy atom. The Labute approximate surface area is 116 Å². The maximum Gasteiger partial charge on any atom is 0.246 e. The number of hydrogen-bond acceptors (Lipinski definition) is 4. The zero-order chi connectivity index (χ0) is 13.5. The molecule has 2 aromatic heterocycles. The van der Waals surface area contributed by atoms with E-state index in [1.54, 1.807) is 26.5 Å². The molecule has 0 saturated carbocycles. The molecule has 0 fully saturated rings. The van der Waals surface area contributed by atoms with Gasteiger partial charge in [0.1, 0.15) is 4.90 Å². The van der Waals surface area contributed by atoms with Gasteiger partial charge >= 0.3 is 0 Å². The van der Waals surface area contributed by atoms with Gasteiger partial charge in [0.15, 0.2) is 0 Å². The van der Waals surface area contributed by atoms with E-state index in [9.17, 15) is 8.42 Å². The molecule has 0 unspecified atom stereocenters. The van der Waals surface area contributed by atoms with Crippen LogP contribution in [0.25, 0.3) is 0 Å². The van der Waals surface area contributed by atoms with Crippen molar-refractivity contribution in [1.82, 2.24) is 14.1 Å². The third-order valence-corrected chi connectivity index (χ3v) is 6.17. The van der Waals surface area contributed by atoms with E-state index >= 15 is 0 Å². The predicted octanol–water partition coefficient (Wildman–Crippen LogP) is 1.71. The van der Waals surface area contributed by atoms with Crippen LogP contribution in [0.2, 0.25) is 0 Å². The number of nitrogens with zero attached hydrogens (tertiary/aromatic N) is 3. The highest BCUT2D eigenvalue weighted by Crippen LogP contribution is 2.27. The van der Waals surface area contributed by atoms with Gasteiger partial charge in [0.05, 0.1) is 6.20 Å². The second kappa shape index (κ2) is 4.73. The largest absolute Gasteiger partial charge is 0.272 e. The van der Waals surface area contributed by atoms with Gasteiger partial charge in [0.25, 0.3) is 0 Å². The summed E-state index contributed by atoms with van der Waals surface area (Å²) in [6.45, 7) is 3.62. The fourth-order valence-electron chi connectivity index (χ4n) is 2.23. The molecule has 7 heteroatoms. The van der Waals surface area contributed by atoms with Crippen molar-refractivity contribution in [3.05, 3.63) is 34.3 Å². The number of fused-ring (bicyclic) bond motifs is 1. The van der Waals surface area contributed by atoms with Gasteiger partial charge in [-0.3, -0.25) is 4.68 Å². The van der Waals surface area contributed by atoms with Crippen molar-refractivity contribution in [3.8, 4) is 0 Å². The molecule has 102 valence electrons. The van der Waals surface area contributed by atoms with Crippen molar-refractivity contribution in [3.63, 3.8) is 0 Å². The molecule has 1 aliphatic heterocycles. The predicted molar refractivity (Wildman–Crippen MR) is 73.5 cm³/mol. The van der Waals surface area contributed by atoms with E-state index in [-0.39, 0.29) is 4.90 Å². The normalized spacial score (nSPS) is 16.5. The van der Waals surface area contributed by atoms with E-state index in [4.69, 9.17) is 0 Å². The first-order valence-electron chi connectivity index (χ1n) is 6.19. The number of thiophene rings is 1. The van der Waals surface area contributed by atoms with Crippen LogP contribution in [-0.2, 0) is 29.5 Å². The second-order valence-electron chi connectivity index (χ2n) is 4.49. The van der Waals surface area contributed by atoms with Crippen LogP contribution in [-0.4, -0.2) is 29.0 Å². The molecule has 3 rings (SSSR count). The molecule has 19 heavy (non-hydrogen) atoms. The summed E-state index contributed by atoms with van der Waals surface area (Å²) in [5.41, 5.74) is 1.13. The minimum atomic E-state index is -3.42. The Balaban J connectivity index is 1.89. The molecule has 3 heterocycles. The standard InChI is InChI=1S/C12H15N3O2S2/c1-2-14-9-11(7-13-14)19(16,17)15-5-3-12-10(8-15)4-6-18-12/h4,6-7,9H,2-3,5,8H2,1H3. The van der Waals surface area contributed by atoms with Crippen molar-refractivity contribution in [2.24, 2.45) is 0 Å². The Hall–Kier alpha value is -1.18. The number of aryl methyl sites for hydroxylation is 1. The number of hydrogen-bond donors (Lipinski definition) is 0. The molecule has 1 aliphatic rings. The summed E-state index contributed by atoms with van der Waals surface area (Å²) < 4.78 is 28.2. The Kier molecular flexibility index (Phi) is 3.20. The SMILES string of the molecule is CCn1cc(S(=O)(=O)N2CCc3sccc3C2)cn1. The summed E-state index contributed by atoms with van der Waals surface area (Å²) in [7, 11) is -3.42. The van der Waals surface area contributed by atoms with E-state index in [0.717, 1.165) is 12.0 Å². The van der Waals surface area contributed by atoms with E-state index in [1.807, 2.05) is 18.4 Å². The third kappa shape index (κ3) is 2.22. The lowest BCUT2D eigenvalue weighted by Crippen LogP contribution is -2.35. The summed E-state index contributed by atoms with van der Waals surface area (Å²) in [5, 5.41) is 6.07. The quantitative estimate of drug-likeness (QED) is 0.866. The average molecular weight is 297 g/mol. The molecule has 0 aromatic carbocycles. The lowest BCUT2D eigenvalue weighted by Gasteiger charge is -2.25. The Morgan fingerprint density at radius 1 is 1.47 bits per heavy atom. The molecule has 0 saturated heterocycles. The smallest absolute Gasteiger partial charge is 0.246 e. The molecule has 0 radical (unpaired) electrons. The molecular formula is C12H15N3O2S2. The number of rotatable bonds is 3. The minimum Gasteiger partial charge on any atom is -0.272 e. The summed E-state index contributed by atoms with van der Waals surface area (Å²) >= 11 is 1.70. The highest BCUT2D eigenvalue weighted by Gasteiger charge is 2.29. The first-order valence-corrected chi connectivity index (χ1v) is 8.51. The molecule has 0 N–H and O–H groups in total. The van der Waals surface area contributed by atoms with E-state index in [2.05, 4.69) is 5.10 Å². The van der Waals surface area contributed by atoms with Crippen LogP contribution >= 0.6 is 11.3 Å². The monoisotopic (exact) mass is 297 g/mol. The van der Waals surface area contributed by atoms with Gasteiger partial charge in [-0.1, -0.05) is 0 Å². The number of aromatic nitrogens is 2. The van der Waals surface area contributed by atoms with Crippen molar-refractivity contribution < 1.29 is 8.42 Å². The fourth-order valence-corrected chi connectivity index (χ4v) is 4.49. The van der Waals surface area contributed by atoms with Gasteiger partial charge in [0, 0.05) is 30.7 Å². The number of sulfonamides is 1. The zero-order valence-corrected chi connectivity index (χ0v) is 12.2. The summed E-state index contributed by atoms with van der Waals surface area (Å²) in [4.78, 5) is 1.59. The molecule has 0 bridgehead atoms. The van der Waals surface area contributed by atoms with Crippen LogP contribution in [0.4, 0.5) is 0 Å². The van der Waals surface area contributed by atoms with Crippen LogP contribution in [0.15, 0.2) is 28.7 Å². The van der Waals surface area contributed by atoms with Crippen molar-refractivity contribution >= 4 is 21.4 Å². The van der Waals surface area contributed by atoms with Gasteiger partial charge < -0.3 is 0 Å². The molecule has 0 amide bonds. The fraction of sp³-hybridized carbons (Fsp3) is 0.417. The second-order valence-corrected chi connectivity index (χ2v) is 7.43. The topological polar surface area (TPSA) is 55.2 Å². The van der Waals surface area contributed by atoms with Crippen molar-refractivity contribution in [2.45, 2.75) is 31.3 Å². The summed E-state index contributed by atoms with van der Waals surface area (Å²) in [6, 6.07) is 2.01. The van der Waals surface area contributed by atoms with E-state index in [0.29, 0.717) is 19.6 Å². The average Bonchev–Trinajstić information content (AvgIpc) is 3.06. The van der Waals surface area contributed by atoms with Gasteiger partial charge in [0.2, 0.25) is 10.0 Å². The summed E-state index contributed by atoms with van der Waals surface area (Å²) in [5.74, 6) is 0.